The van der Waals surface area contributed by atoms with Gasteiger partial charge in [-0.2, -0.15) is 0 Å². The van der Waals surface area contributed by atoms with E-state index in [-0.39, 0.29) is 11.5 Å². The first-order valence-corrected chi connectivity index (χ1v) is 17.1. The third-order valence-electron chi connectivity index (χ3n) is 7.56. The molecule has 0 bridgehead atoms. The number of nitrogens with zero attached hydrogens (tertiary/aromatic N) is 2. The molecule has 248 valence electrons. The second kappa shape index (κ2) is 17.0. The fourth-order valence-corrected chi connectivity index (χ4v) is 6.57. The fraction of sp³-hybridized carbons (Fsp3) is 0.343. The van der Waals surface area contributed by atoms with Gasteiger partial charge >= 0.3 is 5.97 Å². The summed E-state index contributed by atoms with van der Waals surface area (Å²) in [5, 5.41) is 9.60. The van der Waals surface area contributed by atoms with E-state index in [9.17, 15) is 9.59 Å². The number of carbonyl (C=O) groups is 2. The Labute approximate surface area is 289 Å². The van der Waals surface area contributed by atoms with Crippen LogP contribution in [0.5, 0.6) is 17.2 Å². The Balaban J connectivity index is 1.29. The van der Waals surface area contributed by atoms with Gasteiger partial charge in [0, 0.05) is 31.7 Å². The second-order valence-electron chi connectivity index (χ2n) is 10.9. The van der Waals surface area contributed by atoms with Crippen LogP contribution >= 0.6 is 35.6 Å². The SMILES string of the molecule is CCCOc1ccc(-c2ccc(OCCN3CCOCC3)c(C=C3SC(=S)N(CCCOc4ccc(C(=O)O)cc4)C3=O)c2)cc1Cl. The Kier molecular flexibility index (Phi) is 12.5. The predicted molar refractivity (Wildman–Crippen MR) is 189 cm³/mol. The highest BCUT2D eigenvalue weighted by Gasteiger charge is 2.32. The van der Waals surface area contributed by atoms with Crippen molar-refractivity contribution in [2.75, 3.05) is 59.2 Å². The van der Waals surface area contributed by atoms with Crippen molar-refractivity contribution in [1.29, 1.82) is 0 Å². The summed E-state index contributed by atoms with van der Waals surface area (Å²) >= 11 is 13.4. The first-order chi connectivity index (χ1) is 22.8. The number of benzene rings is 3. The summed E-state index contributed by atoms with van der Waals surface area (Å²) in [6.07, 6.45) is 3.28. The molecule has 0 spiro atoms. The van der Waals surface area contributed by atoms with Crippen molar-refractivity contribution >= 4 is 57.9 Å². The molecule has 2 heterocycles. The monoisotopic (exact) mass is 696 g/mol. The molecule has 1 amide bonds. The molecule has 2 aliphatic rings. The van der Waals surface area contributed by atoms with Crippen LogP contribution in [-0.4, -0.2) is 90.3 Å². The number of carboxylic acid groups (broad SMARTS) is 1. The summed E-state index contributed by atoms with van der Waals surface area (Å²) in [7, 11) is 0. The van der Waals surface area contributed by atoms with Crippen LogP contribution in [0.15, 0.2) is 65.6 Å². The second-order valence-corrected chi connectivity index (χ2v) is 13.0. The van der Waals surface area contributed by atoms with E-state index in [1.54, 1.807) is 17.0 Å². The van der Waals surface area contributed by atoms with Crippen molar-refractivity contribution in [3.8, 4) is 28.4 Å². The number of carbonyl (C=O) groups excluding carboxylic acids is 1. The topological polar surface area (TPSA) is 97.8 Å². The van der Waals surface area contributed by atoms with Crippen LogP contribution in [0, 0.1) is 0 Å². The van der Waals surface area contributed by atoms with E-state index in [0.29, 0.717) is 64.3 Å². The quantitative estimate of drug-likeness (QED) is 0.103. The number of aromatic carboxylic acids is 1. The molecule has 0 saturated carbocycles. The van der Waals surface area contributed by atoms with E-state index in [2.05, 4.69) is 4.90 Å². The van der Waals surface area contributed by atoms with Gasteiger partial charge in [0.2, 0.25) is 0 Å². The Bertz CT molecular complexity index is 1610. The van der Waals surface area contributed by atoms with Crippen molar-refractivity contribution in [2.45, 2.75) is 19.8 Å². The third kappa shape index (κ3) is 9.48. The van der Waals surface area contributed by atoms with Crippen molar-refractivity contribution in [3.63, 3.8) is 0 Å². The average Bonchev–Trinajstić information content (AvgIpc) is 3.34. The summed E-state index contributed by atoms with van der Waals surface area (Å²) in [5.74, 6) is 0.712. The lowest BCUT2D eigenvalue weighted by Gasteiger charge is -2.26. The van der Waals surface area contributed by atoms with Gasteiger partial charge in [0.05, 0.1) is 41.9 Å². The predicted octanol–water partition coefficient (Wildman–Crippen LogP) is 6.88. The number of carboxylic acids is 1. The molecule has 0 aliphatic carbocycles. The summed E-state index contributed by atoms with van der Waals surface area (Å²) in [4.78, 5) is 29.0. The minimum Gasteiger partial charge on any atom is -0.494 e. The number of amides is 1. The van der Waals surface area contributed by atoms with Crippen LogP contribution in [0.3, 0.4) is 0 Å². The van der Waals surface area contributed by atoms with E-state index < -0.39 is 5.97 Å². The summed E-state index contributed by atoms with van der Waals surface area (Å²) in [5.41, 5.74) is 2.79. The van der Waals surface area contributed by atoms with Gasteiger partial charge < -0.3 is 24.1 Å². The van der Waals surface area contributed by atoms with E-state index in [1.165, 1.54) is 23.9 Å². The third-order valence-corrected chi connectivity index (χ3v) is 9.23. The van der Waals surface area contributed by atoms with Gasteiger partial charge in [-0.05, 0) is 78.6 Å². The van der Waals surface area contributed by atoms with Crippen molar-refractivity contribution < 1.29 is 33.6 Å². The van der Waals surface area contributed by atoms with Gasteiger partial charge in [-0.15, -0.1) is 0 Å². The minimum absolute atomic E-state index is 0.170. The van der Waals surface area contributed by atoms with Crippen molar-refractivity contribution in [2.24, 2.45) is 0 Å². The molecular formula is C35H37ClN2O7S2. The first kappa shape index (κ1) is 34.7. The lowest BCUT2D eigenvalue weighted by molar-refractivity contribution is -0.122. The zero-order valence-electron chi connectivity index (χ0n) is 26.1. The average molecular weight is 697 g/mol. The maximum atomic E-state index is 13.5. The smallest absolute Gasteiger partial charge is 0.335 e. The molecule has 47 heavy (non-hydrogen) atoms. The molecule has 0 radical (unpaired) electrons. The van der Waals surface area contributed by atoms with Gasteiger partial charge in [0.15, 0.2) is 0 Å². The van der Waals surface area contributed by atoms with Crippen LogP contribution in [0.1, 0.15) is 35.7 Å². The molecule has 0 unspecified atom stereocenters. The van der Waals surface area contributed by atoms with Gasteiger partial charge in [0.1, 0.15) is 28.2 Å². The van der Waals surface area contributed by atoms with Crippen molar-refractivity contribution in [1.82, 2.24) is 9.80 Å². The number of thiocarbonyl (C=S) groups is 1. The molecule has 9 nitrogen and oxygen atoms in total. The van der Waals surface area contributed by atoms with Gasteiger partial charge in [-0.3, -0.25) is 14.6 Å². The fourth-order valence-electron chi connectivity index (χ4n) is 5.03. The molecule has 2 fully saturated rings. The molecular weight excluding hydrogens is 660 g/mol. The number of ether oxygens (including phenoxy) is 4. The zero-order chi connectivity index (χ0) is 33.2. The standard InChI is InChI=1S/C35H37ClN2O7S2/c1-2-16-44-31-11-7-26(22-29(31)36)25-6-10-30(45-20-15-37-13-18-42-19-14-37)27(21-25)23-32-33(39)38(35(46)47-32)12-3-17-43-28-8-4-24(5-9-28)34(40)41/h4-11,21-23H,2-3,12-20H2,1H3,(H,40,41). The van der Waals surface area contributed by atoms with Gasteiger partial charge in [0.25, 0.3) is 5.91 Å². The zero-order valence-corrected chi connectivity index (χ0v) is 28.5. The van der Waals surface area contributed by atoms with Crippen LogP contribution < -0.4 is 14.2 Å². The van der Waals surface area contributed by atoms with Crippen LogP contribution in [0.4, 0.5) is 0 Å². The molecule has 1 N–H and O–H groups in total. The first-order valence-electron chi connectivity index (χ1n) is 15.5. The number of rotatable bonds is 15. The highest BCUT2D eigenvalue weighted by molar-refractivity contribution is 8.26. The van der Waals surface area contributed by atoms with Crippen molar-refractivity contribution in [3.05, 3.63) is 81.7 Å². The van der Waals surface area contributed by atoms with Gasteiger partial charge in [-0.1, -0.05) is 54.6 Å². The number of halogens is 1. The molecule has 3 aromatic carbocycles. The molecule has 2 aliphatic heterocycles. The van der Waals surface area contributed by atoms with E-state index in [4.69, 9.17) is 47.9 Å². The lowest BCUT2D eigenvalue weighted by Crippen LogP contribution is -2.38. The van der Waals surface area contributed by atoms with Crippen LogP contribution in [0.25, 0.3) is 17.2 Å². The van der Waals surface area contributed by atoms with Crippen LogP contribution in [0.2, 0.25) is 5.02 Å². The minimum atomic E-state index is -0.992. The molecule has 12 heteroatoms. The maximum absolute atomic E-state index is 13.5. The van der Waals surface area contributed by atoms with E-state index in [0.717, 1.165) is 56.0 Å². The Morgan fingerprint density at radius 1 is 0.957 bits per heavy atom. The Morgan fingerprint density at radius 2 is 1.66 bits per heavy atom. The summed E-state index contributed by atoms with van der Waals surface area (Å²) < 4.78 is 23.7. The largest absolute Gasteiger partial charge is 0.494 e. The number of morpholine rings is 1. The molecule has 2 saturated heterocycles. The normalized spacial score (nSPS) is 16.1. The Hall–Kier alpha value is -3.61. The van der Waals surface area contributed by atoms with E-state index in [1.807, 2.05) is 49.4 Å². The molecule has 3 aromatic rings. The van der Waals surface area contributed by atoms with E-state index >= 15 is 0 Å². The maximum Gasteiger partial charge on any atom is 0.335 e. The summed E-state index contributed by atoms with van der Waals surface area (Å²) in [6.45, 7) is 7.83. The molecule has 0 atom stereocenters. The van der Waals surface area contributed by atoms with Gasteiger partial charge in [-0.25, -0.2) is 4.79 Å². The summed E-state index contributed by atoms with van der Waals surface area (Å²) in [6, 6.07) is 17.8. The molecule has 5 rings (SSSR count). The molecule has 0 aromatic heterocycles. The Morgan fingerprint density at radius 3 is 2.36 bits per heavy atom. The number of hydrogen-bond donors (Lipinski definition) is 1. The number of hydrogen-bond acceptors (Lipinski definition) is 9. The highest BCUT2D eigenvalue weighted by Crippen LogP contribution is 2.37. The van der Waals surface area contributed by atoms with Crippen LogP contribution in [-0.2, 0) is 9.53 Å². The lowest BCUT2D eigenvalue weighted by atomic mass is 10.0. The highest BCUT2D eigenvalue weighted by atomic mass is 35.5. The number of thioether (sulfide) groups is 1.